The normalized spacial score (nSPS) is 15.6. The van der Waals surface area contributed by atoms with E-state index in [1.54, 1.807) is 0 Å². The Morgan fingerprint density at radius 2 is 1.37 bits per heavy atom. The van der Waals surface area contributed by atoms with Gasteiger partial charge in [-0.05, 0) is 81.1 Å². The van der Waals surface area contributed by atoms with Gasteiger partial charge in [-0.1, -0.05) is 35.3 Å². The predicted octanol–water partition coefficient (Wildman–Crippen LogP) is 6.35. The van der Waals surface area contributed by atoms with E-state index >= 15 is 0 Å². The lowest BCUT2D eigenvalue weighted by molar-refractivity contribution is 0.0978. The van der Waals surface area contributed by atoms with Gasteiger partial charge in [0.15, 0.2) is 17.2 Å². The van der Waals surface area contributed by atoms with E-state index < -0.39 is 32.2 Å². The number of rotatable bonds is 4. The number of Topliss-reactive ketones (excluding diaryl/α,β-unsaturated/α-hetero) is 2. The molecule has 12 heteroatoms. The van der Waals surface area contributed by atoms with Gasteiger partial charge in [0.25, 0.3) is 10.1 Å². The van der Waals surface area contributed by atoms with Crippen LogP contribution < -0.4 is 0 Å². The first-order chi connectivity index (χ1) is 16.2. The van der Waals surface area contributed by atoms with Crippen molar-refractivity contribution in [3.63, 3.8) is 0 Å². The van der Waals surface area contributed by atoms with Gasteiger partial charge in [0.05, 0.1) is 19.0 Å². The van der Waals surface area contributed by atoms with Gasteiger partial charge in [0, 0.05) is 16.7 Å². The van der Waals surface area contributed by atoms with Crippen LogP contribution in [0.15, 0.2) is 50.2 Å². The Balaban J connectivity index is 2.25. The van der Waals surface area contributed by atoms with Gasteiger partial charge < -0.3 is 10.2 Å². The highest BCUT2D eigenvalue weighted by Gasteiger charge is 2.54. The van der Waals surface area contributed by atoms with Gasteiger partial charge in [-0.15, -0.1) is 0 Å². The van der Waals surface area contributed by atoms with Gasteiger partial charge >= 0.3 is 0 Å². The van der Waals surface area contributed by atoms with E-state index in [1.807, 2.05) is 0 Å². The van der Waals surface area contributed by atoms with Crippen molar-refractivity contribution in [1.82, 2.24) is 0 Å². The zero-order chi connectivity index (χ0) is 26.0. The maximum atomic E-state index is 13.5. The molecule has 0 saturated carbocycles. The molecular formula is C23H14Br2Cl2O7S. The first-order valence-corrected chi connectivity index (χ1v) is 13.5. The summed E-state index contributed by atoms with van der Waals surface area (Å²) in [5.41, 5.74) is -1.98. The van der Waals surface area contributed by atoms with Crippen LogP contribution in [0.25, 0.3) is 0 Å². The van der Waals surface area contributed by atoms with E-state index in [0.29, 0.717) is 0 Å². The number of fused-ring (bicyclic) bond motifs is 1. The number of halogens is 4. The maximum absolute atomic E-state index is 13.5. The molecule has 0 amide bonds. The molecule has 7 nitrogen and oxygen atoms in total. The summed E-state index contributed by atoms with van der Waals surface area (Å²) in [6.45, 7) is 2.37. The molecule has 3 aromatic carbocycles. The van der Waals surface area contributed by atoms with Gasteiger partial charge in [-0.25, -0.2) is 4.18 Å². The molecule has 2 N–H and O–H groups in total. The molecule has 0 bridgehead atoms. The molecule has 0 radical (unpaired) electrons. The summed E-state index contributed by atoms with van der Waals surface area (Å²) >= 11 is 18.9. The fraction of sp³-hybridized carbons (Fsp3) is 0.130. The molecule has 1 aliphatic heterocycles. The van der Waals surface area contributed by atoms with Gasteiger partial charge in [-0.3, -0.25) is 9.59 Å². The fourth-order valence-electron chi connectivity index (χ4n) is 4.13. The lowest BCUT2D eigenvalue weighted by atomic mass is 9.79. The monoisotopic (exact) mass is 662 g/mol. The zero-order valence-electron chi connectivity index (χ0n) is 17.8. The highest BCUT2D eigenvalue weighted by molar-refractivity contribution is 9.11. The molecule has 0 saturated heterocycles. The van der Waals surface area contributed by atoms with E-state index in [9.17, 15) is 28.2 Å². The standard InChI is InChI=1S/C23H14Br2Cl2O7S/c1-9(28)13-3-4-14-22(19(13)10(2)29)35(32,33)34-23(14,11-5-15(24)20(30)17(26)7-11)12-6-16(25)21(31)18(27)8-12/h3-8,30-31H,1-2H3. The molecular weight excluding hydrogens is 651 g/mol. The molecule has 1 heterocycles. The lowest BCUT2D eigenvalue weighted by Gasteiger charge is -2.30. The molecule has 0 aromatic heterocycles. The van der Waals surface area contributed by atoms with Crippen molar-refractivity contribution in [2.45, 2.75) is 24.3 Å². The minimum Gasteiger partial charge on any atom is -0.505 e. The number of benzene rings is 3. The summed E-state index contributed by atoms with van der Waals surface area (Å²) in [5.74, 6) is -1.72. The number of phenols is 2. The summed E-state index contributed by atoms with van der Waals surface area (Å²) in [4.78, 5) is 24.4. The summed E-state index contributed by atoms with van der Waals surface area (Å²) in [7, 11) is -4.63. The predicted molar refractivity (Wildman–Crippen MR) is 136 cm³/mol. The van der Waals surface area contributed by atoms with Crippen LogP contribution in [0, 0.1) is 0 Å². The Kier molecular flexibility index (Phi) is 6.61. The summed E-state index contributed by atoms with van der Waals surface area (Å²) in [6.07, 6.45) is 0. The van der Waals surface area contributed by atoms with Crippen LogP contribution in [-0.2, 0) is 19.9 Å². The van der Waals surface area contributed by atoms with E-state index in [2.05, 4.69) is 31.9 Å². The Labute approximate surface area is 227 Å². The van der Waals surface area contributed by atoms with Crippen LogP contribution in [0.1, 0.15) is 51.3 Å². The van der Waals surface area contributed by atoms with E-state index in [1.165, 1.54) is 43.3 Å². The van der Waals surface area contributed by atoms with Gasteiger partial charge in [0.1, 0.15) is 16.4 Å². The van der Waals surface area contributed by atoms with Crippen molar-refractivity contribution in [1.29, 1.82) is 0 Å². The maximum Gasteiger partial charge on any atom is 0.299 e. The molecule has 182 valence electrons. The van der Waals surface area contributed by atoms with Crippen LogP contribution in [0.5, 0.6) is 11.5 Å². The molecule has 1 aliphatic rings. The second-order valence-electron chi connectivity index (χ2n) is 7.77. The van der Waals surface area contributed by atoms with Crippen molar-refractivity contribution in [3.05, 3.63) is 83.2 Å². The summed E-state index contributed by atoms with van der Waals surface area (Å²) in [6, 6.07) is 8.18. The number of carbonyl (C=O) groups excluding carboxylic acids is 2. The van der Waals surface area contributed by atoms with Crippen molar-refractivity contribution in [3.8, 4) is 11.5 Å². The van der Waals surface area contributed by atoms with Crippen LogP contribution in [-0.4, -0.2) is 30.2 Å². The largest absolute Gasteiger partial charge is 0.505 e. The summed E-state index contributed by atoms with van der Waals surface area (Å²) in [5, 5.41) is 20.1. The van der Waals surface area contributed by atoms with Crippen molar-refractivity contribution >= 4 is 76.7 Å². The topological polar surface area (TPSA) is 118 Å². The third-order valence-electron chi connectivity index (χ3n) is 5.60. The second kappa shape index (κ2) is 8.86. The van der Waals surface area contributed by atoms with E-state index in [-0.39, 0.29) is 58.3 Å². The second-order valence-corrected chi connectivity index (χ2v) is 11.8. The molecule has 0 aliphatic carbocycles. The van der Waals surface area contributed by atoms with Gasteiger partial charge in [-0.2, -0.15) is 8.42 Å². The van der Waals surface area contributed by atoms with Crippen molar-refractivity contribution in [2.24, 2.45) is 0 Å². The van der Waals surface area contributed by atoms with Crippen LogP contribution in [0.4, 0.5) is 0 Å². The van der Waals surface area contributed by atoms with Crippen LogP contribution in [0.3, 0.4) is 0 Å². The third-order valence-corrected chi connectivity index (χ3v) is 8.78. The fourth-order valence-corrected chi connectivity index (χ4v) is 7.39. The highest BCUT2D eigenvalue weighted by atomic mass is 79.9. The smallest absolute Gasteiger partial charge is 0.299 e. The minimum absolute atomic E-state index is 0.0232. The first kappa shape index (κ1) is 26.1. The van der Waals surface area contributed by atoms with Crippen LogP contribution >= 0.6 is 55.1 Å². The third kappa shape index (κ3) is 4.00. The minimum atomic E-state index is -4.63. The zero-order valence-corrected chi connectivity index (χ0v) is 23.3. The molecule has 3 aromatic rings. The Bertz CT molecular complexity index is 1460. The number of ketones is 2. The average molecular weight is 665 g/mol. The Morgan fingerprint density at radius 3 is 1.77 bits per heavy atom. The van der Waals surface area contributed by atoms with Crippen molar-refractivity contribution in [2.75, 3.05) is 0 Å². The van der Waals surface area contributed by atoms with Gasteiger partial charge in [0.2, 0.25) is 0 Å². The number of phenolic OH excluding ortho intramolecular Hbond substituents is 2. The highest BCUT2D eigenvalue weighted by Crippen LogP contribution is 2.54. The molecule has 0 fully saturated rings. The SMILES string of the molecule is CC(=O)c1ccc2c(c1C(C)=O)S(=O)(=O)OC2(c1cc(Cl)c(O)c(Br)c1)c1cc(Cl)c(O)c(Br)c1. The average Bonchev–Trinajstić information content (AvgIpc) is 3.02. The number of hydrogen-bond donors (Lipinski definition) is 2. The molecule has 0 atom stereocenters. The van der Waals surface area contributed by atoms with E-state index in [4.69, 9.17) is 27.4 Å². The lowest BCUT2D eigenvalue weighted by Crippen LogP contribution is -2.30. The van der Waals surface area contributed by atoms with Crippen molar-refractivity contribution < 1.29 is 32.4 Å². The molecule has 0 spiro atoms. The Morgan fingerprint density at radius 1 is 0.886 bits per heavy atom. The summed E-state index contributed by atoms with van der Waals surface area (Å²) < 4.78 is 33.1. The molecule has 4 rings (SSSR count). The van der Waals surface area contributed by atoms with Crippen LogP contribution in [0.2, 0.25) is 10.0 Å². The molecule has 0 unspecified atom stereocenters. The number of hydrogen-bond acceptors (Lipinski definition) is 7. The van der Waals surface area contributed by atoms with E-state index in [0.717, 1.165) is 6.92 Å². The first-order valence-electron chi connectivity index (χ1n) is 9.74. The number of carbonyl (C=O) groups is 2. The molecule has 35 heavy (non-hydrogen) atoms. The Hall–Kier alpha value is -1.95. The number of aromatic hydroxyl groups is 2. The quantitative estimate of drug-likeness (QED) is 0.247.